The number of aliphatic hydroxyl groups excluding tert-OH is 1. The molecule has 20 heavy (non-hydrogen) atoms. The molecule has 1 aliphatic rings. The first kappa shape index (κ1) is 13.7. The van der Waals surface area contributed by atoms with Crippen molar-refractivity contribution in [2.45, 2.75) is 38.5 Å². The Morgan fingerprint density at radius 2 is 2.20 bits per heavy atom. The van der Waals surface area contributed by atoms with Crippen molar-refractivity contribution in [1.82, 2.24) is 10.3 Å². The van der Waals surface area contributed by atoms with Crippen molar-refractivity contribution in [3.8, 4) is 0 Å². The van der Waals surface area contributed by atoms with Crippen LogP contribution < -0.4 is 5.32 Å². The molecule has 0 radical (unpaired) electrons. The first-order valence-corrected chi connectivity index (χ1v) is 7.67. The van der Waals surface area contributed by atoms with Gasteiger partial charge in [-0.3, -0.25) is 0 Å². The van der Waals surface area contributed by atoms with E-state index in [-0.39, 0.29) is 12.4 Å². The minimum absolute atomic E-state index is 0.267. The summed E-state index contributed by atoms with van der Waals surface area (Å²) in [5, 5.41) is 15.7. The van der Waals surface area contributed by atoms with E-state index in [1.54, 1.807) is 23.5 Å². The second-order valence-electron chi connectivity index (χ2n) is 5.14. The Morgan fingerprint density at radius 3 is 2.95 bits per heavy atom. The molecule has 2 aromatic rings. The highest BCUT2D eigenvalue weighted by atomic mass is 32.1. The van der Waals surface area contributed by atoms with Crippen LogP contribution in [0.1, 0.15) is 40.6 Å². The van der Waals surface area contributed by atoms with E-state index < -0.39 is 0 Å². The minimum atomic E-state index is -0.357. The van der Waals surface area contributed by atoms with Crippen LogP contribution in [0.3, 0.4) is 0 Å². The predicted molar refractivity (Wildman–Crippen MR) is 77.0 cm³/mol. The van der Waals surface area contributed by atoms with Gasteiger partial charge < -0.3 is 10.4 Å². The fourth-order valence-corrected chi connectivity index (χ4v) is 3.11. The molecular formula is C15H17FN2OS. The summed E-state index contributed by atoms with van der Waals surface area (Å²) < 4.78 is 13.3. The number of hydrogen-bond donors (Lipinski definition) is 2. The molecule has 0 spiro atoms. The van der Waals surface area contributed by atoms with Crippen LogP contribution in [0, 0.1) is 5.82 Å². The van der Waals surface area contributed by atoms with Gasteiger partial charge in [0.05, 0.1) is 17.3 Å². The van der Waals surface area contributed by atoms with E-state index in [1.807, 2.05) is 0 Å². The van der Waals surface area contributed by atoms with Gasteiger partial charge in [0, 0.05) is 30.0 Å². The molecule has 0 saturated heterocycles. The molecule has 5 heteroatoms. The van der Waals surface area contributed by atoms with E-state index in [2.05, 4.69) is 15.7 Å². The molecule has 3 rings (SSSR count). The van der Waals surface area contributed by atoms with Crippen molar-refractivity contribution >= 4 is 11.3 Å². The molecular weight excluding hydrogens is 275 g/mol. The summed E-state index contributed by atoms with van der Waals surface area (Å²) in [6, 6.07) is 4.83. The molecule has 1 fully saturated rings. The number of nitrogens with zero attached hydrogens (tertiary/aromatic N) is 1. The van der Waals surface area contributed by atoms with E-state index in [9.17, 15) is 4.39 Å². The van der Waals surface area contributed by atoms with Crippen molar-refractivity contribution in [3.63, 3.8) is 0 Å². The zero-order valence-electron chi connectivity index (χ0n) is 11.1. The SMILES string of the molecule is OCc1cc(CNCc2csc(C3CC3)n2)ccc1F. The van der Waals surface area contributed by atoms with Gasteiger partial charge in [0.1, 0.15) is 5.82 Å². The highest BCUT2D eigenvalue weighted by Crippen LogP contribution is 2.41. The molecule has 1 saturated carbocycles. The maximum absolute atomic E-state index is 13.3. The summed E-state index contributed by atoms with van der Waals surface area (Å²) in [6.07, 6.45) is 2.56. The fourth-order valence-electron chi connectivity index (χ4n) is 2.12. The standard InChI is InChI=1S/C15H17FN2OS/c16-14-4-1-10(5-12(14)8-19)6-17-7-13-9-20-15(18-13)11-2-3-11/h1,4-5,9,11,17,19H,2-3,6-8H2. The van der Waals surface area contributed by atoms with Crippen LogP contribution in [0.15, 0.2) is 23.6 Å². The molecule has 0 unspecified atom stereocenters. The Labute approximate surface area is 121 Å². The van der Waals surface area contributed by atoms with Gasteiger partial charge in [-0.1, -0.05) is 6.07 Å². The molecule has 1 aromatic carbocycles. The van der Waals surface area contributed by atoms with Crippen molar-refractivity contribution in [2.75, 3.05) is 0 Å². The Hall–Kier alpha value is -1.30. The van der Waals surface area contributed by atoms with E-state index in [4.69, 9.17) is 5.11 Å². The number of rotatable bonds is 6. The summed E-state index contributed by atoms with van der Waals surface area (Å²) in [7, 11) is 0. The molecule has 0 bridgehead atoms. The molecule has 2 N–H and O–H groups in total. The molecule has 0 amide bonds. The topological polar surface area (TPSA) is 45.1 Å². The second-order valence-corrected chi connectivity index (χ2v) is 6.03. The second kappa shape index (κ2) is 5.99. The van der Waals surface area contributed by atoms with Crippen LogP contribution in [0.5, 0.6) is 0 Å². The van der Waals surface area contributed by atoms with Crippen LogP contribution in [0.25, 0.3) is 0 Å². The Morgan fingerprint density at radius 1 is 1.35 bits per heavy atom. The zero-order valence-corrected chi connectivity index (χ0v) is 11.9. The average Bonchev–Trinajstić information content (AvgIpc) is 3.21. The van der Waals surface area contributed by atoms with E-state index in [0.29, 0.717) is 18.0 Å². The molecule has 0 atom stereocenters. The van der Waals surface area contributed by atoms with Crippen molar-refractivity contribution < 1.29 is 9.50 Å². The zero-order chi connectivity index (χ0) is 13.9. The molecule has 106 valence electrons. The van der Waals surface area contributed by atoms with Crippen LogP contribution in [-0.4, -0.2) is 10.1 Å². The lowest BCUT2D eigenvalue weighted by Crippen LogP contribution is -2.13. The number of aromatic nitrogens is 1. The number of aliphatic hydroxyl groups is 1. The largest absolute Gasteiger partial charge is 0.392 e. The number of nitrogens with one attached hydrogen (secondary N) is 1. The quantitative estimate of drug-likeness (QED) is 0.860. The van der Waals surface area contributed by atoms with Crippen molar-refractivity contribution in [3.05, 3.63) is 51.2 Å². The Kier molecular flexibility index (Phi) is 4.10. The predicted octanol–water partition coefficient (Wildman–Crippen LogP) is 2.94. The molecule has 3 nitrogen and oxygen atoms in total. The third kappa shape index (κ3) is 3.23. The summed E-state index contributed by atoms with van der Waals surface area (Å²) in [6.45, 7) is 1.09. The number of hydrogen-bond acceptors (Lipinski definition) is 4. The summed E-state index contributed by atoms with van der Waals surface area (Å²) in [4.78, 5) is 4.61. The number of benzene rings is 1. The molecule has 1 aromatic heterocycles. The minimum Gasteiger partial charge on any atom is -0.392 e. The van der Waals surface area contributed by atoms with Gasteiger partial charge >= 0.3 is 0 Å². The molecule has 0 aliphatic heterocycles. The van der Waals surface area contributed by atoms with Gasteiger partial charge in [0.25, 0.3) is 0 Å². The lowest BCUT2D eigenvalue weighted by Gasteiger charge is -2.06. The van der Waals surface area contributed by atoms with Crippen LogP contribution in [0.2, 0.25) is 0 Å². The Balaban J connectivity index is 1.53. The maximum atomic E-state index is 13.3. The third-order valence-electron chi connectivity index (χ3n) is 3.41. The van der Waals surface area contributed by atoms with Gasteiger partial charge in [0.15, 0.2) is 0 Å². The number of halogens is 1. The fraction of sp³-hybridized carbons (Fsp3) is 0.400. The summed E-state index contributed by atoms with van der Waals surface area (Å²) >= 11 is 1.74. The van der Waals surface area contributed by atoms with E-state index in [1.165, 1.54) is 23.9 Å². The molecule has 1 aliphatic carbocycles. The first-order valence-electron chi connectivity index (χ1n) is 6.79. The van der Waals surface area contributed by atoms with E-state index >= 15 is 0 Å². The Bertz CT molecular complexity index is 595. The van der Waals surface area contributed by atoms with E-state index in [0.717, 1.165) is 17.8 Å². The lowest BCUT2D eigenvalue weighted by atomic mass is 10.1. The van der Waals surface area contributed by atoms with Crippen LogP contribution in [0.4, 0.5) is 4.39 Å². The highest BCUT2D eigenvalue weighted by molar-refractivity contribution is 7.09. The third-order valence-corrected chi connectivity index (χ3v) is 4.47. The van der Waals surface area contributed by atoms with Crippen molar-refractivity contribution in [1.29, 1.82) is 0 Å². The number of thiazole rings is 1. The smallest absolute Gasteiger partial charge is 0.128 e. The molecule has 1 heterocycles. The highest BCUT2D eigenvalue weighted by Gasteiger charge is 2.26. The van der Waals surface area contributed by atoms with Gasteiger partial charge in [-0.2, -0.15) is 0 Å². The van der Waals surface area contributed by atoms with Gasteiger partial charge in [-0.25, -0.2) is 9.37 Å². The van der Waals surface area contributed by atoms with Gasteiger partial charge in [-0.05, 0) is 30.5 Å². The van der Waals surface area contributed by atoms with Crippen molar-refractivity contribution in [2.24, 2.45) is 0 Å². The van der Waals surface area contributed by atoms with Crippen LogP contribution >= 0.6 is 11.3 Å². The first-order chi connectivity index (χ1) is 9.76. The monoisotopic (exact) mass is 292 g/mol. The average molecular weight is 292 g/mol. The van der Waals surface area contributed by atoms with Crippen LogP contribution in [-0.2, 0) is 19.7 Å². The van der Waals surface area contributed by atoms with Gasteiger partial charge in [-0.15, -0.1) is 11.3 Å². The van der Waals surface area contributed by atoms with Gasteiger partial charge in [0.2, 0.25) is 0 Å². The summed E-state index contributed by atoms with van der Waals surface area (Å²) in [5.74, 6) is 0.350. The normalized spacial score (nSPS) is 14.7. The maximum Gasteiger partial charge on any atom is 0.128 e. The summed E-state index contributed by atoms with van der Waals surface area (Å²) in [5.41, 5.74) is 2.38. The lowest BCUT2D eigenvalue weighted by molar-refractivity contribution is 0.275.